The molecule has 0 radical (unpaired) electrons. The molecule has 3 rings (SSSR count). The summed E-state index contributed by atoms with van der Waals surface area (Å²) in [5, 5.41) is 3.93. The zero-order valence-electron chi connectivity index (χ0n) is 13.0. The van der Waals surface area contributed by atoms with E-state index in [1.165, 1.54) is 0 Å². The molecule has 0 atom stereocenters. The summed E-state index contributed by atoms with van der Waals surface area (Å²) in [6, 6.07) is 9.35. The lowest BCUT2D eigenvalue weighted by Gasteiger charge is -2.19. The van der Waals surface area contributed by atoms with E-state index < -0.39 is 0 Å². The van der Waals surface area contributed by atoms with Crippen LogP contribution in [0, 0.1) is 0 Å². The van der Waals surface area contributed by atoms with E-state index in [9.17, 15) is 0 Å². The normalized spacial score (nSPS) is 12.7. The van der Waals surface area contributed by atoms with E-state index in [4.69, 9.17) is 30.5 Å². The first-order valence-corrected chi connectivity index (χ1v) is 7.63. The van der Waals surface area contributed by atoms with Gasteiger partial charge < -0.3 is 24.3 Å². The molecular formula is C17H18ClNO4. The predicted octanol–water partition coefficient (Wildman–Crippen LogP) is 3.74. The van der Waals surface area contributed by atoms with E-state index in [2.05, 4.69) is 5.32 Å². The van der Waals surface area contributed by atoms with Gasteiger partial charge in [0.15, 0.2) is 23.0 Å². The first-order valence-electron chi connectivity index (χ1n) is 7.25. The average Bonchev–Trinajstić information content (AvgIpc) is 2.59. The van der Waals surface area contributed by atoms with E-state index in [0.29, 0.717) is 36.3 Å². The lowest BCUT2D eigenvalue weighted by molar-refractivity contribution is 0.171. The Hall–Kier alpha value is -2.27. The zero-order valence-corrected chi connectivity index (χ0v) is 13.8. The number of benzene rings is 2. The minimum atomic E-state index is 0.541. The van der Waals surface area contributed by atoms with Gasteiger partial charge in [0.05, 0.1) is 14.2 Å². The number of hydrogen-bond acceptors (Lipinski definition) is 5. The second-order valence-electron chi connectivity index (χ2n) is 5.01. The van der Waals surface area contributed by atoms with Crippen molar-refractivity contribution in [3.8, 4) is 23.0 Å². The van der Waals surface area contributed by atoms with Gasteiger partial charge in [-0.25, -0.2) is 0 Å². The van der Waals surface area contributed by atoms with E-state index in [-0.39, 0.29) is 0 Å². The van der Waals surface area contributed by atoms with Crippen LogP contribution in [0.5, 0.6) is 23.0 Å². The van der Waals surface area contributed by atoms with Gasteiger partial charge in [-0.05, 0) is 18.2 Å². The molecule has 0 unspecified atom stereocenters. The van der Waals surface area contributed by atoms with Gasteiger partial charge in [0.2, 0.25) is 0 Å². The fraction of sp³-hybridized carbons (Fsp3) is 0.294. The highest BCUT2D eigenvalue weighted by Gasteiger charge is 2.14. The molecule has 5 nitrogen and oxygen atoms in total. The number of ether oxygens (including phenoxy) is 4. The van der Waals surface area contributed by atoms with Crippen molar-refractivity contribution in [3.63, 3.8) is 0 Å². The summed E-state index contributed by atoms with van der Waals surface area (Å²) in [4.78, 5) is 0. The van der Waals surface area contributed by atoms with Crippen LogP contribution in [0.1, 0.15) is 5.56 Å². The molecule has 122 valence electrons. The van der Waals surface area contributed by atoms with Gasteiger partial charge in [0, 0.05) is 35.0 Å². The van der Waals surface area contributed by atoms with Crippen molar-refractivity contribution in [2.75, 3.05) is 32.8 Å². The molecular weight excluding hydrogens is 318 g/mol. The van der Waals surface area contributed by atoms with E-state index in [1.807, 2.05) is 24.3 Å². The van der Waals surface area contributed by atoms with Crippen LogP contribution < -0.4 is 24.3 Å². The Bertz CT molecular complexity index is 705. The summed E-state index contributed by atoms with van der Waals surface area (Å²) in [5.41, 5.74) is 1.84. The molecule has 0 bridgehead atoms. The zero-order chi connectivity index (χ0) is 16.2. The second kappa shape index (κ2) is 6.87. The van der Waals surface area contributed by atoms with Crippen molar-refractivity contribution >= 4 is 17.3 Å². The second-order valence-corrected chi connectivity index (χ2v) is 5.45. The highest BCUT2D eigenvalue weighted by Crippen LogP contribution is 2.36. The van der Waals surface area contributed by atoms with Crippen LogP contribution in [0.2, 0.25) is 5.02 Å². The predicted molar refractivity (Wildman–Crippen MR) is 89.3 cm³/mol. The van der Waals surface area contributed by atoms with Crippen LogP contribution in [0.3, 0.4) is 0 Å². The highest BCUT2D eigenvalue weighted by atomic mass is 35.5. The Morgan fingerprint density at radius 1 is 1.04 bits per heavy atom. The van der Waals surface area contributed by atoms with Crippen molar-refractivity contribution in [1.82, 2.24) is 0 Å². The van der Waals surface area contributed by atoms with Gasteiger partial charge in [-0.3, -0.25) is 0 Å². The van der Waals surface area contributed by atoms with E-state index >= 15 is 0 Å². The minimum Gasteiger partial charge on any atom is -0.493 e. The lowest BCUT2D eigenvalue weighted by atomic mass is 10.1. The number of hydrogen-bond donors (Lipinski definition) is 1. The van der Waals surface area contributed by atoms with Crippen molar-refractivity contribution in [2.24, 2.45) is 0 Å². The number of anilines is 1. The molecule has 2 aromatic carbocycles. The molecule has 6 heteroatoms. The summed E-state index contributed by atoms with van der Waals surface area (Å²) >= 11 is 6.13. The first-order chi connectivity index (χ1) is 11.2. The first kappa shape index (κ1) is 15.6. The van der Waals surface area contributed by atoms with Crippen LogP contribution in [0.15, 0.2) is 30.3 Å². The molecule has 0 aromatic heterocycles. The summed E-state index contributed by atoms with van der Waals surface area (Å²) < 4.78 is 21.8. The molecule has 0 saturated heterocycles. The monoisotopic (exact) mass is 335 g/mol. The Morgan fingerprint density at radius 2 is 1.83 bits per heavy atom. The Morgan fingerprint density at radius 3 is 2.57 bits per heavy atom. The van der Waals surface area contributed by atoms with Gasteiger partial charge in [-0.1, -0.05) is 11.6 Å². The van der Waals surface area contributed by atoms with Gasteiger partial charge in [0.1, 0.15) is 13.2 Å². The molecule has 23 heavy (non-hydrogen) atoms. The molecule has 0 fully saturated rings. The third kappa shape index (κ3) is 3.40. The summed E-state index contributed by atoms with van der Waals surface area (Å²) in [5.74, 6) is 2.79. The fourth-order valence-corrected chi connectivity index (χ4v) is 2.72. The van der Waals surface area contributed by atoms with Crippen LogP contribution in [-0.4, -0.2) is 27.4 Å². The maximum absolute atomic E-state index is 6.13. The van der Waals surface area contributed by atoms with Gasteiger partial charge >= 0.3 is 0 Å². The van der Waals surface area contributed by atoms with E-state index in [1.54, 1.807) is 20.3 Å². The van der Waals surface area contributed by atoms with Crippen LogP contribution >= 0.6 is 11.6 Å². The van der Waals surface area contributed by atoms with Crippen LogP contribution in [0.25, 0.3) is 0 Å². The minimum absolute atomic E-state index is 0.541. The maximum atomic E-state index is 6.13. The molecule has 1 aliphatic rings. The molecule has 2 aromatic rings. The van der Waals surface area contributed by atoms with Crippen LogP contribution in [-0.2, 0) is 6.54 Å². The van der Waals surface area contributed by atoms with Crippen molar-refractivity contribution in [2.45, 2.75) is 6.54 Å². The molecule has 0 spiro atoms. The smallest absolute Gasteiger partial charge is 0.165 e. The van der Waals surface area contributed by atoms with Gasteiger partial charge in [0.25, 0.3) is 0 Å². The SMILES string of the molecule is COc1cc(Cl)cc(CNc2ccc3c(c2)OCCO3)c1OC. The fourth-order valence-electron chi connectivity index (χ4n) is 2.49. The summed E-state index contributed by atoms with van der Waals surface area (Å²) in [7, 11) is 3.20. The maximum Gasteiger partial charge on any atom is 0.165 e. The van der Waals surface area contributed by atoms with Crippen molar-refractivity contribution in [3.05, 3.63) is 40.9 Å². The largest absolute Gasteiger partial charge is 0.493 e. The van der Waals surface area contributed by atoms with E-state index in [0.717, 1.165) is 22.7 Å². The number of halogens is 1. The lowest BCUT2D eigenvalue weighted by Crippen LogP contribution is -2.15. The summed E-state index contributed by atoms with van der Waals surface area (Å²) in [6.07, 6.45) is 0. The topological polar surface area (TPSA) is 49.0 Å². The Kier molecular flexibility index (Phi) is 4.67. The van der Waals surface area contributed by atoms with Crippen molar-refractivity contribution < 1.29 is 18.9 Å². The molecule has 1 heterocycles. The Balaban J connectivity index is 1.79. The third-order valence-electron chi connectivity index (χ3n) is 3.55. The molecule has 1 aliphatic heterocycles. The van der Waals surface area contributed by atoms with Gasteiger partial charge in [-0.15, -0.1) is 0 Å². The van der Waals surface area contributed by atoms with Crippen molar-refractivity contribution in [1.29, 1.82) is 0 Å². The quantitative estimate of drug-likeness (QED) is 0.902. The molecule has 0 amide bonds. The Labute approximate surface area is 140 Å². The number of methoxy groups -OCH3 is 2. The summed E-state index contributed by atoms with van der Waals surface area (Å²) in [6.45, 7) is 1.69. The number of nitrogens with one attached hydrogen (secondary N) is 1. The average molecular weight is 336 g/mol. The molecule has 0 saturated carbocycles. The number of fused-ring (bicyclic) bond motifs is 1. The third-order valence-corrected chi connectivity index (χ3v) is 3.76. The molecule has 1 N–H and O–H groups in total. The highest BCUT2D eigenvalue weighted by molar-refractivity contribution is 6.30. The standard InChI is InChI=1S/C17H18ClNO4/c1-20-16-8-12(18)7-11(17(16)21-2)10-19-13-3-4-14-15(9-13)23-6-5-22-14/h3-4,7-9,19H,5-6,10H2,1-2H3. The number of rotatable bonds is 5. The van der Waals surface area contributed by atoms with Crippen LogP contribution in [0.4, 0.5) is 5.69 Å². The molecule has 0 aliphatic carbocycles. The van der Waals surface area contributed by atoms with Gasteiger partial charge in [-0.2, -0.15) is 0 Å².